The molecular formula is C14H17F2N3. The molecule has 1 aromatic carbocycles. The average Bonchev–Trinajstić information content (AvgIpc) is 2.79. The van der Waals surface area contributed by atoms with Gasteiger partial charge in [0.1, 0.15) is 0 Å². The van der Waals surface area contributed by atoms with Gasteiger partial charge in [0, 0.05) is 13.2 Å². The molecule has 0 aliphatic heterocycles. The van der Waals surface area contributed by atoms with Gasteiger partial charge < -0.3 is 9.88 Å². The Bertz CT molecular complexity index is 551. The second-order valence-corrected chi connectivity index (χ2v) is 4.49. The number of hydrogen-bond acceptors (Lipinski definition) is 2. The smallest absolute Gasteiger partial charge is 0.159 e. The third kappa shape index (κ3) is 3.17. The molecule has 1 heterocycles. The first-order chi connectivity index (χ1) is 9.11. The van der Waals surface area contributed by atoms with Crippen molar-refractivity contribution in [2.75, 3.05) is 6.54 Å². The lowest BCUT2D eigenvalue weighted by Gasteiger charge is -2.18. The molecule has 0 radical (unpaired) electrons. The molecule has 1 N–H and O–H groups in total. The maximum Gasteiger partial charge on any atom is 0.159 e. The van der Waals surface area contributed by atoms with Crippen molar-refractivity contribution in [2.45, 2.75) is 19.4 Å². The van der Waals surface area contributed by atoms with Gasteiger partial charge in [0.25, 0.3) is 0 Å². The van der Waals surface area contributed by atoms with Crippen LogP contribution in [0.5, 0.6) is 0 Å². The number of nitrogens with zero attached hydrogens (tertiary/aromatic N) is 2. The highest BCUT2D eigenvalue weighted by atomic mass is 19.2. The molecule has 1 unspecified atom stereocenters. The van der Waals surface area contributed by atoms with Crippen molar-refractivity contribution in [1.29, 1.82) is 0 Å². The van der Waals surface area contributed by atoms with Crippen molar-refractivity contribution in [1.82, 2.24) is 14.9 Å². The fourth-order valence-corrected chi connectivity index (χ4v) is 2.13. The minimum atomic E-state index is -0.815. The number of aromatic nitrogens is 2. The topological polar surface area (TPSA) is 29.9 Å². The van der Waals surface area contributed by atoms with E-state index in [1.807, 2.05) is 18.5 Å². The Hall–Kier alpha value is -1.75. The molecule has 5 heteroatoms. The zero-order valence-electron chi connectivity index (χ0n) is 11.0. The number of hydrogen-bond donors (Lipinski definition) is 1. The number of rotatable bonds is 5. The molecule has 1 atom stereocenters. The number of nitrogens with one attached hydrogen (secondary N) is 1. The van der Waals surface area contributed by atoms with E-state index in [1.165, 1.54) is 6.07 Å². The van der Waals surface area contributed by atoms with Crippen molar-refractivity contribution < 1.29 is 8.78 Å². The molecule has 0 spiro atoms. The van der Waals surface area contributed by atoms with Gasteiger partial charge in [0.05, 0.1) is 18.1 Å². The quantitative estimate of drug-likeness (QED) is 0.900. The van der Waals surface area contributed by atoms with E-state index in [2.05, 4.69) is 10.3 Å². The summed E-state index contributed by atoms with van der Waals surface area (Å²) in [6.45, 7) is 2.80. The number of aryl methyl sites for hydroxylation is 1. The lowest BCUT2D eigenvalue weighted by molar-refractivity contribution is 0.498. The van der Waals surface area contributed by atoms with E-state index in [9.17, 15) is 8.78 Å². The van der Waals surface area contributed by atoms with Gasteiger partial charge in [-0.25, -0.2) is 13.8 Å². The van der Waals surface area contributed by atoms with Gasteiger partial charge in [-0.3, -0.25) is 0 Å². The van der Waals surface area contributed by atoms with Gasteiger partial charge in [-0.05, 0) is 30.7 Å². The van der Waals surface area contributed by atoms with Crippen molar-refractivity contribution in [2.24, 2.45) is 7.05 Å². The summed E-state index contributed by atoms with van der Waals surface area (Å²) in [5.41, 5.74) is 1.78. The van der Waals surface area contributed by atoms with Crippen LogP contribution >= 0.6 is 0 Å². The standard InChI is InChI=1S/C14H17F2N3/c1-3-18-13(14-8-17-9-19(14)2)7-10-4-5-11(15)12(16)6-10/h4-6,8-9,13,18H,3,7H2,1-2H3. The molecule has 2 aromatic rings. The molecule has 0 bridgehead atoms. The molecule has 1 aromatic heterocycles. The summed E-state index contributed by atoms with van der Waals surface area (Å²) < 4.78 is 28.1. The normalized spacial score (nSPS) is 12.6. The lowest BCUT2D eigenvalue weighted by Crippen LogP contribution is -2.24. The highest BCUT2D eigenvalue weighted by Crippen LogP contribution is 2.19. The van der Waals surface area contributed by atoms with Crippen LogP contribution in [0.25, 0.3) is 0 Å². The summed E-state index contributed by atoms with van der Waals surface area (Å²) >= 11 is 0. The first kappa shape index (κ1) is 13.7. The molecule has 0 aliphatic rings. The van der Waals surface area contributed by atoms with Crippen molar-refractivity contribution >= 4 is 0 Å². The minimum Gasteiger partial charge on any atom is -0.336 e. The average molecular weight is 265 g/mol. The van der Waals surface area contributed by atoms with Crippen LogP contribution in [0.4, 0.5) is 8.78 Å². The van der Waals surface area contributed by atoms with E-state index in [0.717, 1.165) is 23.9 Å². The molecule has 19 heavy (non-hydrogen) atoms. The Morgan fingerprint density at radius 3 is 2.68 bits per heavy atom. The lowest BCUT2D eigenvalue weighted by atomic mass is 10.0. The summed E-state index contributed by atoms with van der Waals surface area (Å²) in [6.07, 6.45) is 4.10. The van der Waals surface area contributed by atoms with Gasteiger partial charge >= 0.3 is 0 Å². The minimum absolute atomic E-state index is 0.0300. The van der Waals surface area contributed by atoms with Gasteiger partial charge in [-0.15, -0.1) is 0 Å². The molecule has 3 nitrogen and oxygen atoms in total. The predicted octanol–water partition coefficient (Wildman–Crippen LogP) is 2.59. The third-order valence-corrected chi connectivity index (χ3v) is 3.09. The molecule has 0 aliphatic carbocycles. The first-order valence-corrected chi connectivity index (χ1v) is 6.25. The van der Waals surface area contributed by atoms with Crippen LogP contribution in [0.1, 0.15) is 24.2 Å². The Morgan fingerprint density at radius 2 is 2.11 bits per heavy atom. The fraction of sp³-hybridized carbons (Fsp3) is 0.357. The largest absolute Gasteiger partial charge is 0.336 e. The van der Waals surface area contributed by atoms with Crippen molar-refractivity contribution in [3.63, 3.8) is 0 Å². The number of benzene rings is 1. The monoisotopic (exact) mass is 265 g/mol. The molecule has 102 valence electrons. The second kappa shape index (κ2) is 5.93. The fourth-order valence-electron chi connectivity index (χ4n) is 2.13. The Labute approximate surface area is 111 Å². The van der Waals surface area contributed by atoms with Gasteiger partial charge in [0.2, 0.25) is 0 Å². The van der Waals surface area contributed by atoms with Crippen LogP contribution in [-0.2, 0) is 13.5 Å². The van der Waals surface area contributed by atoms with Crippen molar-refractivity contribution in [3.8, 4) is 0 Å². The molecule has 2 rings (SSSR count). The zero-order valence-corrected chi connectivity index (χ0v) is 11.0. The van der Waals surface area contributed by atoms with E-state index in [1.54, 1.807) is 18.6 Å². The van der Waals surface area contributed by atoms with E-state index < -0.39 is 11.6 Å². The Morgan fingerprint density at radius 1 is 1.32 bits per heavy atom. The SMILES string of the molecule is CCNC(Cc1ccc(F)c(F)c1)c1cncn1C. The summed E-state index contributed by atoms with van der Waals surface area (Å²) in [4.78, 5) is 4.09. The number of halogens is 2. The second-order valence-electron chi connectivity index (χ2n) is 4.49. The molecular weight excluding hydrogens is 248 g/mol. The van der Waals surface area contributed by atoms with Crippen LogP contribution in [0.3, 0.4) is 0 Å². The molecule has 0 fully saturated rings. The Kier molecular flexibility index (Phi) is 4.27. The van der Waals surface area contributed by atoms with E-state index in [4.69, 9.17) is 0 Å². The van der Waals surface area contributed by atoms with Crippen LogP contribution in [-0.4, -0.2) is 16.1 Å². The van der Waals surface area contributed by atoms with Crippen LogP contribution < -0.4 is 5.32 Å². The van der Waals surface area contributed by atoms with E-state index in [0.29, 0.717) is 6.42 Å². The highest BCUT2D eigenvalue weighted by molar-refractivity contribution is 5.21. The summed E-state index contributed by atoms with van der Waals surface area (Å²) in [5, 5.41) is 3.33. The molecule has 0 saturated heterocycles. The van der Waals surface area contributed by atoms with Gasteiger partial charge in [0.15, 0.2) is 11.6 Å². The molecule has 0 amide bonds. The maximum absolute atomic E-state index is 13.2. The van der Waals surface area contributed by atoms with Crippen LogP contribution in [0, 0.1) is 11.6 Å². The highest BCUT2D eigenvalue weighted by Gasteiger charge is 2.15. The van der Waals surface area contributed by atoms with Gasteiger partial charge in [-0.1, -0.05) is 13.0 Å². The van der Waals surface area contributed by atoms with Crippen LogP contribution in [0.15, 0.2) is 30.7 Å². The number of likely N-dealkylation sites (N-methyl/N-ethyl adjacent to an activating group) is 1. The first-order valence-electron chi connectivity index (χ1n) is 6.25. The van der Waals surface area contributed by atoms with Crippen LogP contribution in [0.2, 0.25) is 0 Å². The van der Waals surface area contributed by atoms with Crippen molar-refractivity contribution in [3.05, 3.63) is 53.6 Å². The van der Waals surface area contributed by atoms with E-state index >= 15 is 0 Å². The summed E-state index contributed by atoms with van der Waals surface area (Å²) in [7, 11) is 1.91. The maximum atomic E-state index is 13.2. The summed E-state index contributed by atoms with van der Waals surface area (Å²) in [6, 6.07) is 4.05. The van der Waals surface area contributed by atoms with E-state index in [-0.39, 0.29) is 6.04 Å². The molecule has 0 saturated carbocycles. The zero-order chi connectivity index (χ0) is 13.8. The summed E-state index contributed by atoms with van der Waals surface area (Å²) in [5.74, 6) is -1.62. The predicted molar refractivity (Wildman–Crippen MR) is 69.7 cm³/mol. The Balaban J connectivity index is 2.21. The van der Waals surface area contributed by atoms with Gasteiger partial charge in [-0.2, -0.15) is 0 Å². The number of imidazole rings is 1. The third-order valence-electron chi connectivity index (χ3n) is 3.09.